The molecule has 17 nitrogen and oxygen atoms in total. The van der Waals surface area contributed by atoms with Gasteiger partial charge >= 0.3 is 11.9 Å². The summed E-state index contributed by atoms with van der Waals surface area (Å²) >= 11 is 0. The molecule has 0 saturated carbocycles. The summed E-state index contributed by atoms with van der Waals surface area (Å²) in [7, 11) is 0. The number of carbonyl (C=O) groups is 9. The van der Waals surface area contributed by atoms with Crippen LogP contribution in [-0.4, -0.2) is 100 Å². The van der Waals surface area contributed by atoms with Crippen LogP contribution in [0.3, 0.4) is 0 Å². The molecule has 0 aliphatic carbocycles. The summed E-state index contributed by atoms with van der Waals surface area (Å²) in [5, 5.41) is 34.7. The van der Waals surface area contributed by atoms with E-state index in [1.54, 1.807) is 51.1 Å². The molecule has 0 aromatic heterocycles. The van der Waals surface area contributed by atoms with Crippen molar-refractivity contribution in [3.63, 3.8) is 0 Å². The normalized spacial score (nSPS) is 15.1. The van der Waals surface area contributed by atoms with E-state index < -0.39 is 97.0 Å². The van der Waals surface area contributed by atoms with Gasteiger partial charge < -0.3 is 46.9 Å². The molecule has 1 rings (SSSR count). The van der Waals surface area contributed by atoms with E-state index >= 15 is 0 Å². The van der Waals surface area contributed by atoms with Gasteiger partial charge in [-0.15, -0.1) is 0 Å². The average Bonchev–Trinajstić information content (AvgIpc) is 3.19. The van der Waals surface area contributed by atoms with Crippen LogP contribution in [0.25, 0.3) is 0 Å². The molecular weight excluding hydrogens is 777 g/mol. The number of hydrogen-bond acceptors (Lipinski definition) is 9. The molecular formula is C43H68N6O11. The van der Waals surface area contributed by atoms with Crippen molar-refractivity contribution < 1.29 is 53.4 Å². The second kappa shape index (κ2) is 28.2. The molecule has 0 unspecified atom stereocenters. The molecule has 0 spiro atoms. The maximum absolute atomic E-state index is 14.1. The molecule has 8 atom stereocenters. The van der Waals surface area contributed by atoms with Crippen molar-refractivity contribution in [1.29, 1.82) is 0 Å². The van der Waals surface area contributed by atoms with Gasteiger partial charge in [-0.1, -0.05) is 111 Å². The maximum Gasteiger partial charge on any atom is 0.326 e. The molecule has 0 fully saturated rings. The van der Waals surface area contributed by atoms with E-state index in [1.165, 1.54) is 0 Å². The topological polar surface area (TPSA) is 266 Å². The fourth-order valence-electron chi connectivity index (χ4n) is 6.23. The van der Waals surface area contributed by atoms with Gasteiger partial charge in [-0.2, -0.15) is 0 Å². The van der Waals surface area contributed by atoms with Crippen LogP contribution in [0, 0.1) is 17.8 Å². The van der Waals surface area contributed by atoms with Gasteiger partial charge in [-0.25, -0.2) is 4.79 Å². The summed E-state index contributed by atoms with van der Waals surface area (Å²) in [5.41, 5.74) is 0.586. The lowest BCUT2D eigenvalue weighted by Crippen LogP contribution is -2.60. The quantitative estimate of drug-likeness (QED) is 0.0412. The van der Waals surface area contributed by atoms with Gasteiger partial charge in [0.05, 0.1) is 0 Å². The highest BCUT2D eigenvalue weighted by Crippen LogP contribution is 2.14. The molecule has 0 radical (unpaired) electrons. The van der Waals surface area contributed by atoms with Crippen molar-refractivity contribution in [1.82, 2.24) is 31.9 Å². The first-order valence-corrected chi connectivity index (χ1v) is 21.1. The van der Waals surface area contributed by atoms with Crippen LogP contribution in [0.1, 0.15) is 125 Å². The number of amides is 6. The van der Waals surface area contributed by atoms with Crippen LogP contribution < -0.4 is 31.9 Å². The fourth-order valence-corrected chi connectivity index (χ4v) is 6.23. The zero-order valence-corrected chi connectivity index (χ0v) is 36.2. The summed E-state index contributed by atoms with van der Waals surface area (Å²) < 4.78 is 0. The highest BCUT2D eigenvalue weighted by atomic mass is 16.4. The number of benzene rings is 1. The van der Waals surface area contributed by atoms with Gasteiger partial charge in [0.2, 0.25) is 35.4 Å². The summed E-state index contributed by atoms with van der Waals surface area (Å²) in [4.78, 5) is 117. The molecule has 8 N–H and O–H groups in total. The lowest BCUT2D eigenvalue weighted by molar-refractivity contribution is -0.143. The summed E-state index contributed by atoms with van der Waals surface area (Å²) in [6.07, 6.45) is 2.55. The standard InChI is InChI=1S/C43H68N6O11/c1-8-11-13-18-30(38(54)48-34(43(59)60)23-26(4)5)44-39(55)31(19-20-36(52)53)45-41(57)33(25-29-16-14-12-15-17-29)47-40(56)32(21-22-50)46-42(58)37(28(7)10-3)49-35(51)24-27(6)9-2/h12,14-17,22,26-28,30-34,37H,8-11,13,18-21,23-25H2,1-7H3,(H,44,55)(H,45,57)(H,46,58)(H,47,56)(H,48,54)(H,49,51)(H,52,53)(H,59,60)/t27-,28-,30-,31-,32-,33-,34-,37-/m0/s1. The van der Waals surface area contributed by atoms with Gasteiger partial charge in [0.15, 0.2) is 0 Å². The van der Waals surface area contributed by atoms with Crippen LogP contribution in [0.2, 0.25) is 0 Å². The Morgan fingerprint density at radius 1 is 0.633 bits per heavy atom. The number of carbonyl (C=O) groups excluding carboxylic acids is 7. The Kier molecular flexibility index (Phi) is 24.7. The molecule has 0 saturated heterocycles. The van der Waals surface area contributed by atoms with Crippen LogP contribution in [0.5, 0.6) is 0 Å². The molecule has 1 aromatic rings. The number of aldehydes is 1. The van der Waals surface area contributed by atoms with Crippen molar-refractivity contribution >= 4 is 53.7 Å². The van der Waals surface area contributed by atoms with Gasteiger partial charge in [0.25, 0.3) is 0 Å². The highest BCUT2D eigenvalue weighted by molar-refractivity contribution is 5.97. The van der Waals surface area contributed by atoms with Crippen LogP contribution in [0.15, 0.2) is 30.3 Å². The SMILES string of the molecule is CCCCC[C@H](NC(=O)[C@H](CCC(=O)O)NC(=O)[C@H](Cc1ccccc1)NC(=O)[C@H](CC=O)NC(=O)[C@@H](NC(=O)C[C@@H](C)CC)[C@@H](C)CC)C(=O)N[C@@H](CC(C)C)C(=O)O. The zero-order valence-electron chi connectivity index (χ0n) is 36.2. The minimum Gasteiger partial charge on any atom is -0.481 e. The minimum absolute atomic E-state index is 0.0691. The third-order valence-electron chi connectivity index (χ3n) is 10.3. The van der Waals surface area contributed by atoms with Crippen molar-refractivity contribution in [3.8, 4) is 0 Å². The van der Waals surface area contributed by atoms with E-state index in [1.807, 2.05) is 27.7 Å². The number of carboxylic acid groups (broad SMARTS) is 2. The first-order chi connectivity index (χ1) is 28.4. The van der Waals surface area contributed by atoms with Gasteiger partial charge in [0, 0.05) is 25.7 Å². The van der Waals surface area contributed by atoms with E-state index in [-0.39, 0.29) is 49.3 Å². The van der Waals surface area contributed by atoms with E-state index in [0.717, 1.165) is 12.8 Å². The third-order valence-corrected chi connectivity index (χ3v) is 10.3. The van der Waals surface area contributed by atoms with E-state index in [2.05, 4.69) is 31.9 Å². The molecule has 0 heterocycles. The molecule has 0 bridgehead atoms. The van der Waals surface area contributed by atoms with Gasteiger partial charge in [-0.3, -0.25) is 33.6 Å². The monoisotopic (exact) mass is 844 g/mol. The molecule has 336 valence electrons. The largest absolute Gasteiger partial charge is 0.481 e. The number of aliphatic carboxylic acids is 2. The molecule has 17 heteroatoms. The Labute approximate surface area is 353 Å². The Morgan fingerprint density at radius 3 is 1.68 bits per heavy atom. The molecule has 6 amide bonds. The number of rotatable bonds is 30. The van der Waals surface area contributed by atoms with Gasteiger partial charge in [-0.05, 0) is 42.6 Å². The Balaban J connectivity index is 3.46. The Bertz CT molecular complexity index is 1570. The Morgan fingerprint density at radius 2 is 1.17 bits per heavy atom. The van der Waals surface area contributed by atoms with E-state index in [9.17, 15) is 53.4 Å². The zero-order chi connectivity index (χ0) is 45.4. The van der Waals surface area contributed by atoms with Crippen molar-refractivity contribution in [2.45, 2.75) is 162 Å². The van der Waals surface area contributed by atoms with Crippen LogP contribution in [-0.2, 0) is 49.6 Å². The lowest BCUT2D eigenvalue weighted by atomic mass is 9.96. The second-order valence-corrected chi connectivity index (χ2v) is 15.9. The second-order valence-electron chi connectivity index (χ2n) is 15.9. The summed E-state index contributed by atoms with van der Waals surface area (Å²) in [5.74, 6) is -7.37. The first-order valence-electron chi connectivity index (χ1n) is 21.1. The smallest absolute Gasteiger partial charge is 0.326 e. The lowest BCUT2D eigenvalue weighted by Gasteiger charge is -2.28. The number of carboxylic acids is 2. The highest BCUT2D eigenvalue weighted by Gasteiger charge is 2.34. The first kappa shape index (κ1) is 52.7. The number of nitrogens with one attached hydrogen (secondary N) is 6. The van der Waals surface area contributed by atoms with Crippen LogP contribution in [0.4, 0.5) is 0 Å². The average molecular weight is 845 g/mol. The third kappa shape index (κ3) is 20.1. The molecule has 0 aliphatic heterocycles. The number of hydrogen-bond donors (Lipinski definition) is 8. The molecule has 60 heavy (non-hydrogen) atoms. The van der Waals surface area contributed by atoms with Crippen LogP contribution >= 0.6 is 0 Å². The van der Waals surface area contributed by atoms with E-state index in [4.69, 9.17) is 0 Å². The fraction of sp³-hybridized carbons (Fsp3) is 0.651. The maximum atomic E-state index is 14.1. The molecule has 1 aromatic carbocycles. The Hall–Kier alpha value is -5.35. The van der Waals surface area contributed by atoms with E-state index in [0.29, 0.717) is 31.1 Å². The predicted molar refractivity (Wildman–Crippen MR) is 224 cm³/mol. The summed E-state index contributed by atoms with van der Waals surface area (Å²) in [6.45, 7) is 13.0. The molecule has 0 aliphatic rings. The minimum atomic E-state index is -1.52. The number of unbranched alkanes of at least 4 members (excludes halogenated alkanes) is 2. The van der Waals surface area contributed by atoms with Crippen molar-refractivity contribution in [2.24, 2.45) is 17.8 Å². The van der Waals surface area contributed by atoms with Gasteiger partial charge in [0.1, 0.15) is 42.5 Å². The van der Waals surface area contributed by atoms with Crippen molar-refractivity contribution in [3.05, 3.63) is 35.9 Å². The predicted octanol–water partition coefficient (Wildman–Crippen LogP) is 2.79. The van der Waals surface area contributed by atoms with Crippen molar-refractivity contribution in [2.75, 3.05) is 0 Å². The summed E-state index contributed by atoms with van der Waals surface area (Å²) in [6, 6.07) is 0.666.